The van der Waals surface area contributed by atoms with Crippen LogP contribution >= 0.6 is 11.3 Å². The van der Waals surface area contributed by atoms with E-state index in [9.17, 15) is 0 Å². The van der Waals surface area contributed by atoms with E-state index >= 15 is 0 Å². The summed E-state index contributed by atoms with van der Waals surface area (Å²) in [6, 6.07) is 11.7. The SMILES string of the molecule is CNC(c1cscc1C)c1ccc2c3c(cccc13)CC2. The summed E-state index contributed by atoms with van der Waals surface area (Å²) in [5.41, 5.74) is 7.22. The summed E-state index contributed by atoms with van der Waals surface area (Å²) in [5, 5.41) is 11.0. The van der Waals surface area contributed by atoms with Crippen molar-refractivity contribution < 1.29 is 0 Å². The molecule has 3 aromatic rings. The van der Waals surface area contributed by atoms with Crippen molar-refractivity contribution in [1.82, 2.24) is 5.32 Å². The molecule has 2 aromatic carbocycles. The molecule has 1 aliphatic rings. The topological polar surface area (TPSA) is 12.0 Å². The second-order valence-electron chi connectivity index (χ2n) is 5.89. The zero-order valence-electron chi connectivity index (χ0n) is 12.4. The fourth-order valence-corrected chi connectivity index (χ4v) is 4.54. The Morgan fingerprint density at radius 3 is 2.52 bits per heavy atom. The molecule has 1 aliphatic carbocycles. The van der Waals surface area contributed by atoms with Crippen molar-refractivity contribution in [3.8, 4) is 0 Å². The Labute approximate surface area is 129 Å². The van der Waals surface area contributed by atoms with E-state index in [1.165, 1.54) is 51.4 Å². The van der Waals surface area contributed by atoms with Crippen LogP contribution in [-0.4, -0.2) is 7.05 Å². The van der Waals surface area contributed by atoms with E-state index < -0.39 is 0 Å². The zero-order valence-corrected chi connectivity index (χ0v) is 13.3. The van der Waals surface area contributed by atoms with E-state index in [4.69, 9.17) is 0 Å². The molecule has 0 radical (unpaired) electrons. The molecule has 1 heterocycles. The lowest BCUT2D eigenvalue weighted by Gasteiger charge is -2.20. The Balaban J connectivity index is 1.97. The highest BCUT2D eigenvalue weighted by molar-refractivity contribution is 7.08. The minimum absolute atomic E-state index is 0.279. The largest absolute Gasteiger partial charge is 0.309 e. The highest BCUT2D eigenvalue weighted by Crippen LogP contribution is 2.37. The molecule has 4 rings (SSSR count). The summed E-state index contributed by atoms with van der Waals surface area (Å²) in [5.74, 6) is 0. The van der Waals surface area contributed by atoms with Crippen molar-refractivity contribution in [1.29, 1.82) is 0 Å². The van der Waals surface area contributed by atoms with E-state index in [1.807, 2.05) is 0 Å². The Hall–Kier alpha value is -1.64. The van der Waals surface area contributed by atoms with E-state index in [2.05, 4.69) is 60.4 Å². The van der Waals surface area contributed by atoms with Crippen molar-refractivity contribution in [3.63, 3.8) is 0 Å². The number of rotatable bonds is 3. The minimum Gasteiger partial charge on any atom is -0.309 e. The maximum absolute atomic E-state index is 3.52. The quantitative estimate of drug-likeness (QED) is 0.743. The molecule has 0 aliphatic heterocycles. The monoisotopic (exact) mass is 293 g/mol. The molecule has 1 unspecified atom stereocenters. The molecule has 1 aromatic heterocycles. The van der Waals surface area contributed by atoms with Gasteiger partial charge in [-0.2, -0.15) is 11.3 Å². The van der Waals surface area contributed by atoms with Crippen LogP contribution in [0, 0.1) is 6.92 Å². The summed E-state index contributed by atoms with van der Waals surface area (Å²) in [6.45, 7) is 2.20. The molecule has 1 atom stereocenters. The zero-order chi connectivity index (χ0) is 14.4. The molecule has 0 saturated carbocycles. The van der Waals surface area contributed by atoms with Crippen LogP contribution in [0.2, 0.25) is 0 Å². The number of hydrogen-bond donors (Lipinski definition) is 1. The van der Waals surface area contributed by atoms with Crippen LogP contribution in [0.4, 0.5) is 0 Å². The van der Waals surface area contributed by atoms with Crippen molar-refractivity contribution in [2.24, 2.45) is 0 Å². The molecule has 0 bridgehead atoms. The summed E-state index contributed by atoms with van der Waals surface area (Å²) >= 11 is 1.79. The van der Waals surface area contributed by atoms with Crippen molar-refractivity contribution in [2.75, 3.05) is 7.05 Å². The molecule has 2 heteroatoms. The first-order chi connectivity index (χ1) is 10.3. The van der Waals surface area contributed by atoms with Crippen molar-refractivity contribution in [3.05, 3.63) is 68.9 Å². The lowest BCUT2D eigenvalue weighted by atomic mass is 9.92. The van der Waals surface area contributed by atoms with Gasteiger partial charge in [0.15, 0.2) is 0 Å². The third-order valence-electron chi connectivity index (χ3n) is 4.72. The second-order valence-corrected chi connectivity index (χ2v) is 6.63. The maximum Gasteiger partial charge on any atom is 0.0591 e. The fourth-order valence-electron chi connectivity index (χ4n) is 3.67. The molecule has 0 spiro atoms. The molecule has 0 saturated heterocycles. The summed E-state index contributed by atoms with van der Waals surface area (Å²) in [7, 11) is 2.06. The lowest BCUT2D eigenvalue weighted by Crippen LogP contribution is -2.18. The van der Waals surface area contributed by atoms with Gasteiger partial charge in [0.05, 0.1) is 6.04 Å². The fraction of sp³-hybridized carbons (Fsp3) is 0.263. The predicted molar refractivity (Wildman–Crippen MR) is 91.3 cm³/mol. The van der Waals surface area contributed by atoms with Crippen LogP contribution in [0.1, 0.15) is 33.9 Å². The first-order valence-electron chi connectivity index (χ1n) is 7.53. The smallest absolute Gasteiger partial charge is 0.0591 e. The van der Waals surface area contributed by atoms with Gasteiger partial charge in [0.1, 0.15) is 0 Å². The van der Waals surface area contributed by atoms with Gasteiger partial charge in [0.2, 0.25) is 0 Å². The van der Waals surface area contributed by atoms with E-state index in [-0.39, 0.29) is 6.04 Å². The highest BCUT2D eigenvalue weighted by Gasteiger charge is 2.21. The van der Waals surface area contributed by atoms with Gasteiger partial charge in [-0.05, 0) is 76.2 Å². The summed E-state index contributed by atoms with van der Waals surface area (Å²) in [6.07, 6.45) is 2.38. The van der Waals surface area contributed by atoms with Gasteiger partial charge in [0, 0.05) is 0 Å². The molecule has 106 valence electrons. The number of hydrogen-bond acceptors (Lipinski definition) is 2. The third kappa shape index (κ3) is 1.94. The Morgan fingerprint density at radius 1 is 1.00 bits per heavy atom. The number of nitrogens with one attached hydrogen (secondary N) is 1. The Kier molecular flexibility index (Phi) is 3.09. The predicted octanol–water partition coefficient (Wildman–Crippen LogP) is 4.62. The van der Waals surface area contributed by atoms with E-state index in [0.717, 1.165) is 0 Å². The van der Waals surface area contributed by atoms with Crippen LogP contribution in [-0.2, 0) is 12.8 Å². The highest BCUT2D eigenvalue weighted by atomic mass is 32.1. The maximum atomic E-state index is 3.52. The molecular weight excluding hydrogens is 274 g/mol. The van der Waals surface area contributed by atoms with Crippen LogP contribution in [0.3, 0.4) is 0 Å². The third-order valence-corrected chi connectivity index (χ3v) is 5.60. The first-order valence-corrected chi connectivity index (χ1v) is 8.47. The average Bonchev–Trinajstić information content (AvgIpc) is 3.11. The van der Waals surface area contributed by atoms with Gasteiger partial charge in [-0.15, -0.1) is 0 Å². The Morgan fingerprint density at radius 2 is 1.81 bits per heavy atom. The van der Waals surface area contributed by atoms with Gasteiger partial charge in [-0.25, -0.2) is 0 Å². The number of benzene rings is 2. The molecule has 1 N–H and O–H groups in total. The van der Waals surface area contributed by atoms with Gasteiger partial charge >= 0.3 is 0 Å². The van der Waals surface area contributed by atoms with Crippen LogP contribution < -0.4 is 5.32 Å². The molecular formula is C19H19NS. The van der Waals surface area contributed by atoms with E-state index in [1.54, 1.807) is 11.3 Å². The molecule has 21 heavy (non-hydrogen) atoms. The lowest BCUT2D eigenvalue weighted by molar-refractivity contribution is 0.695. The van der Waals surface area contributed by atoms with Gasteiger partial charge in [0.25, 0.3) is 0 Å². The number of aryl methyl sites for hydroxylation is 3. The molecule has 0 amide bonds. The summed E-state index contributed by atoms with van der Waals surface area (Å²) in [4.78, 5) is 0. The standard InChI is InChI=1S/C19H19NS/c1-12-10-21-11-17(12)19(20-2)16-9-8-14-7-6-13-4-3-5-15(16)18(13)14/h3-5,8-11,19-20H,6-7H2,1-2H3. The van der Waals surface area contributed by atoms with Crippen LogP contribution in [0.25, 0.3) is 10.8 Å². The molecule has 0 fully saturated rings. The normalized spacial score (nSPS) is 14.8. The first kappa shape index (κ1) is 13.1. The second kappa shape index (κ2) is 4.97. The Bertz CT molecular complexity index is 805. The van der Waals surface area contributed by atoms with Gasteiger partial charge < -0.3 is 5.32 Å². The van der Waals surface area contributed by atoms with Gasteiger partial charge in [-0.3, -0.25) is 0 Å². The minimum atomic E-state index is 0.279. The van der Waals surface area contributed by atoms with Crippen molar-refractivity contribution in [2.45, 2.75) is 25.8 Å². The molecule has 1 nitrogen and oxygen atoms in total. The van der Waals surface area contributed by atoms with Crippen molar-refractivity contribution >= 4 is 22.1 Å². The number of thiophene rings is 1. The van der Waals surface area contributed by atoms with Crippen LogP contribution in [0.15, 0.2) is 41.1 Å². The van der Waals surface area contributed by atoms with Crippen LogP contribution in [0.5, 0.6) is 0 Å². The van der Waals surface area contributed by atoms with Gasteiger partial charge in [-0.1, -0.05) is 30.3 Å². The summed E-state index contributed by atoms with van der Waals surface area (Å²) < 4.78 is 0. The van der Waals surface area contributed by atoms with E-state index in [0.29, 0.717) is 0 Å². The average molecular weight is 293 g/mol.